The van der Waals surface area contributed by atoms with Gasteiger partial charge in [0.2, 0.25) is 0 Å². The quantitative estimate of drug-likeness (QED) is 0.613. The topological polar surface area (TPSA) is 52.8 Å². The van der Waals surface area contributed by atoms with Crippen LogP contribution < -0.4 is 4.74 Å². The largest absolute Gasteiger partial charge is 0.494 e. The summed E-state index contributed by atoms with van der Waals surface area (Å²) in [6.45, 7) is 6.59. The maximum atomic E-state index is 5.99. The summed E-state index contributed by atoms with van der Waals surface area (Å²) < 4.78 is 5.99. The van der Waals surface area contributed by atoms with Gasteiger partial charge in [-0.3, -0.25) is 0 Å². The number of benzene rings is 2. The van der Waals surface area contributed by atoms with Crippen LogP contribution >= 0.6 is 0 Å². The fourth-order valence-corrected chi connectivity index (χ4v) is 4.71. The summed E-state index contributed by atoms with van der Waals surface area (Å²) in [5.41, 5.74) is 3.21. The molecule has 0 radical (unpaired) electrons. The van der Waals surface area contributed by atoms with Crippen LogP contribution in [-0.2, 0) is 0 Å². The Hall–Kier alpha value is -2.99. The summed E-state index contributed by atoms with van der Waals surface area (Å²) >= 11 is 0. The van der Waals surface area contributed by atoms with Gasteiger partial charge >= 0.3 is 0 Å². The number of likely N-dealkylation sites (tertiary alicyclic amines) is 1. The van der Waals surface area contributed by atoms with Gasteiger partial charge < -0.3 is 9.64 Å². The Bertz CT molecular complexity index is 993. The van der Waals surface area contributed by atoms with E-state index >= 15 is 0 Å². The summed E-state index contributed by atoms with van der Waals surface area (Å²) in [4.78, 5) is 2.56. The van der Waals surface area contributed by atoms with Crippen molar-refractivity contribution in [3.8, 4) is 5.75 Å². The van der Waals surface area contributed by atoms with Crippen LogP contribution in [0.1, 0.15) is 43.7 Å². The number of hydrazone groups is 1. The molecule has 3 aliphatic heterocycles. The van der Waals surface area contributed by atoms with Crippen molar-refractivity contribution in [2.75, 3.05) is 26.2 Å². The molecule has 166 valence electrons. The molecule has 1 fully saturated rings. The van der Waals surface area contributed by atoms with E-state index in [1.165, 1.54) is 32.4 Å². The Labute approximate surface area is 190 Å². The second-order valence-electron chi connectivity index (χ2n) is 8.79. The van der Waals surface area contributed by atoms with E-state index in [-0.39, 0.29) is 12.0 Å². The molecule has 0 saturated carbocycles. The average molecular weight is 430 g/mol. The van der Waals surface area contributed by atoms with Crippen molar-refractivity contribution in [2.45, 2.75) is 38.6 Å². The number of hydrogen-bond acceptors (Lipinski definition) is 6. The standard InChI is InChI=1S/C26H31N5O/c1-20-24-19-27-28-26(22-9-4-2-5-10-22)31(24)29-25(20)21-11-13-23(14-12-21)32-18-8-17-30-15-6-3-7-16-30/h2,4-5,9-14,19-20,24H,3,6-8,15-18H2,1H3. The van der Waals surface area contributed by atoms with Gasteiger partial charge in [0.1, 0.15) is 5.75 Å². The van der Waals surface area contributed by atoms with E-state index in [0.29, 0.717) is 0 Å². The summed E-state index contributed by atoms with van der Waals surface area (Å²) in [6, 6.07) is 18.6. The van der Waals surface area contributed by atoms with E-state index in [1.807, 2.05) is 41.6 Å². The maximum absolute atomic E-state index is 5.99. The van der Waals surface area contributed by atoms with Gasteiger partial charge in [-0.05, 0) is 62.2 Å². The maximum Gasteiger partial charge on any atom is 0.179 e. The van der Waals surface area contributed by atoms with Gasteiger partial charge in [0.25, 0.3) is 0 Å². The minimum Gasteiger partial charge on any atom is -0.494 e. The van der Waals surface area contributed by atoms with Crippen LogP contribution in [0, 0.1) is 5.92 Å². The minimum atomic E-state index is 0.0865. The van der Waals surface area contributed by atoms with Crippen LogP contribution in [-0.4, -0.2) is 60.0 Å². The van der Waals surface area contributed by atoms with Crippen LogP contribution in [0.3, 0.4) is 0 Å². The molecule has 1 saturated heterocycles. The molecule has 0 bridgehead atoms. The van der Waals surface area contributed by atoms with E-state index in [9.17, 15) is 0 Å². The first-order valence-electron chi connectivity index (χ1n) is 11.8. The predicted molar refractivity (Wildman–Crippen MR) is 130 cm³/mol. The van der Waals surface area contributed by atoms with Gasteiger partial charge in [-0.15, -0.1) is 5.10 Å². The molecule has 5 rings (SSSR count). The van der Waals surface area contributed by atoms with Gasteiger partial charge in [0, 0.05) is 18.0 Å². The van der Waals surface area contributed by atoms with Crippen molar-refractivity contribution >= 4 is 17.8 Å². The Kier molecular flexibility index (Phi) is 6.30. The first-order valence-corrected chi connectivity index (χ1v) is 11.8. The summed E-state index contributed by atoms with van der Waals surface area (Å²) in [6.07, 6.45) is 7.03. The zero-order valence-corrected chi connectivity index (χ0v) is 18.7. The molecule has 0 amide bonds. The molecule has 32 heavy (non-hydrogen) atoms. The van der Waals surface area contributed by atoms with Crippen LogP contribution in [0.5, 0.6) is 5.75 Å². The Morgan fingerprint density at radius 3 is 2.50 bits per heavy atom. The average Bonchev–Trinajstić information content (AvgIpc) is 3.20. The normalized spacial score (nSPS) is 23.0. The molecule has 0 aromatic heterocycles. The van der Waals surface area contributed by atoms with Crippen LogP contribution in [0.4, 0.5) is 0 Å². The lowest BCUT2D eigenvalue weighted by Gasteiger charge is -2.26. The molecule has 6 heteroatoms. The summed E-state index contributed by atoms with van der Waals surface area (Å²) in [5.74, 6) is 1.95. The van der Waals surface area contributed by atoms with Gasteiger partial charge in [0.05, 0.1) is 24.6 Å². The van der Waals surface area contributed by atoms with Crippen molar-refractivity contribution < 1.29 is 4.74 Å². The van der Waals surface area contributed by atoms with Crippen LogP contribution in [0.25, 0.3) is 0 Å². The van der Waals surface area contributed by atoms with E-state index < -0.39 is 0 Å². The molecule has 2 aromatic rings. The molecule has 2 unspecified atom stereocenters. The number of rotatable bonds is 7. The molecule has 3 aliphatic rings. The molecular weight excluding hydrogens is 398 g/mol. The highest BCUT2D eigenvalue weighted by molar-refractivity contribution is 6.10. The number of ether oxygens (including phenoxy) is 1. The summed E-state index contributed by atoms with van der Waals surface area (Å²) in [5, 5.41) is 15.6. The fourth-order valence-electron chi connectivity index (χ4n) is 4.71. The Balaban J connectivity index is 1.22. The number of amidine groups is 1. The van der Waals surface area contributed by atoms with Gasteiger partial charge in [-0.1, -0.05) is 43.7 Å². The second kappa shape index (κ2) is 9.65. The molecule has 2 atom stereocenters. The van der Waals surface area contributed by atoms with Crippen molar-refractivity contribution in [3.05, 3.63) is 65.7 Å². The van der Waals surface area contributed by atoms with Crippen LogP contribution in [0.2, 0.25) is 0 Å². The first kappa shape index (κ1) is 20.9. The molecule has 6 nitrogen and oxygen atoms in total. The SMILES string of the molecule is CC1C(c2ccc(OCCCN3CCCCC3)cc2)=NN2C(c3ccccc3)=NN=CC12. The lowest BCUT2D eigenvalue weighted by atomic mass is 9.93. The molecule has 0 N–H and O–H groups in total. The number of nitrogens with zero attached hydrogens (tertiary/aromatic N) is 5. The monoisotopic (exact) mass is 429 g/mol. The smallest absolute Gasteiger partial charge is 0.179 e. The van der Waals surface area contributed by atoms with Crippen molar-refractivity contribution in [1.29, 1.82) is 0 Å². The molecular formula is C26H31N5O. The predicted octanol–water partition coefficient (Wildman–Crippen LogP) is 4.41. The van der Waals surface area contributed by atoms with E-state index in [1.54, 1.807) is 0 Å². The van der Waals surface area contributed by atoms with Crippen molar-refractivity contribution in [3.63, 3.8) is 0 Å². The highest BCUT2D eigenvalue weighted by atomic mass is 16.5. The van der Waals surface area contributed by atoms with Crippen molar-refractivity contribution in [1.82, 2.24) is 9.91 Å². The zero-order valence-electron chi connectivity index (χ0n) is 18.7. The van der Waals surface area contributed by atoms with Crippen molar-refractivity contribution in [2.24, 2.45) is 21.2 Å². The van der Waals surface area contributed by atoms with Gasteiger partial charge in [-0.25, -0.2) is 5.01 Å². The highest BCUT2D eigenvalue weighted by Gasteiger charge is 2.38. The third-order valence-corrected chi connectivity index (χ3v) is 6.55. The number of piperidine rings is 1. The van der Waals surface area contributed by atoms with E-state index in [0.717, 1.165) is 48.0 Å². The minimum absolute atomic E-state index is 0.0865. The molecule has 0 spiro atoms. The third-order valence-electron chi connectivity index (χ3n) is 6.55. The molecule has 3 heterocycles. The molecule has 0 aliphatic carbocycles. The fraction of sp³-hybridized carbons (Fsp3) is 0.423. The summed E-state index contributed by atoms with van der Waals surface area (Å²) in [7, 11) is 0. The first-order chi connectivity index (χ1) is 15.8. The number of fused-ring (bicyclic) bond motifs is 1. The van der Waals surface area contributed by atoms with Gasteiger partial charge in [0.15, 0.2) is 5.84 Å². The Morgan fingerprint density at radius 2 is 1.72 bits per heavy atom. The highest BCUT2D eigenvalue weighted by Crippen LogP contribution is 2.29. The van der Waals surface area contributed by atoms with E-state index in [2.05, 4.69) is 46.3 Å². The Morgan fingerprint density at radius 1 is 0.938 bits per heavy atom. The third kappa shape index (κ3) is 4.46. The lowest BCUT2D eigenvalue weighted by Crippen LogP contribution is -2.40. The van der Waals surface area contributed by atoms with Crippen LogP contribution in [0.15, 0.2) is 69.9 Å². The zero-order chi connectivity index (χ0) is 21.8. The lowest BCUT2D eigenvalue weighted by molar-refractivity contribution is 0.205. The van der Waals surface area contributed by atoms with Gasteiger partial charge in [-0.2, -0.15) is 10.2 Å². The second-order valence-corrected chi connectivity index (χ2v) is 8.79. The number of hydrogen-bond donors (Lipinski definition) is 0. The van der Waals surface area contributed by atoms with E-state index in [4.69, 9.17) is 9.84 Å². The molecule has 2 aromatic carbocycles.